The van der Waals surface area contributed by atoms with Crippen LogP contribution < -0.4 is 20.5 Å². The first-order chi connectivity index (χ1) is 17.1. The number of esters is 1. The summed E-state index contributed by atoms with van der Waals surface area (Å²) in [5, 5.41) is 4.26. The smallest absolute Gasteiger partial charge is 0.305 e. The summed E-state index contributed by atoms with van der Waals surface area (Å²) in [5.41, 5.74) is 7.38. The van der Waals surface area contributed by atoms with Crippen LogP contribution in [0.2, 0.25) is 0 Å². The minimum Gasteiger partial charge on any atom is -0.466 e. The Balaban J connectivity index is 1.33. The number of hydrogen-bond donors (Lipinski definition) is 2. The van der Waals surface area contributed by atoms with Crippen molar-refractivity contribution in [1.29, 1.82) is 0 Å². The van der Waals surface area contributed by atoms with Crippen LogP contribution in [0.4, 0.5) is 5.82 Å². The molecule has 0 bridgehead atoms. The van der Waals surface area contributed by atoms with Crippen LogP contribution in [-0.4, -0.2) is 52.0 Å². The molecule has 1 aliphatic rings. The van der Waals surface area contributed by atoms with Crippen molar-refractivity contribution >= 4 is 50.6 Å². The number of ether oxygens (including phenoxy) is 3. The van der Waals surface area contributed by atoms with Gasteiger partial charge in [-0.05, 0) is 54.4 Å². The predicted molar refractivity (Wildman–Crippen MR) is 137 cm³/mol. The van der Waals surface area contributed by atoms with E-state index in [1.165, 1.54) is 18.1 Å². The molecule has 0 saturated carbocycles. The third-order valence-corrected chi connectivity index (χ3v) is 7.43. The normalized spacial score (nSPS) is 12.4. The number of nitrogens with zero attached hydrogens (tertiary/aromatic N) is 4. The van der Waals surface area contributed by atoms with E-state index in [0.717, 1.165) is 59.0 Å². The summed E-state index contributed by atoms with van der Waals surface area (Å²) < 4.78 is 18.9. The van der Waals surface area contributed by atoms with Crippen LogP contribution in [0.15, 0.2) is 33.0 Å². The first kappa shape index (κ1) is 25.5. The molecular formula is C23H29BrN6O4S. The number of unbranched alkanes of at least 4 members (excludes halogenated alkanes) is 3. The lowest BCUT2D eigenvalue weighted by Gasteiger charge is -2.11. The SMILES string of the molecule is CCOC(=O)CCCCCCNCCn1c(Sc2cc3c(cc2Br)OCO3)nc2c(N)ncnc21. The third-order valence-electron chi connectivity index (χ3n) is 5.46. The van der Waals surface area contributed by atoms with Gasteiger partial charge in [0.1, 0.15) is 6.33 Å². The molecule has 0 spiro atoms. The fourth-order valence-electron chi connectivity index (χ4n) is 3.71. The fraction of sp³-hybridized carbons (Fsp3) is 0.478. The van der Waals surface area contributed by atoms with Crippen LogP contribution in [0, 0.1) is 0 Å². The number of imidazole rings is 1. The van der Waals surface area contributed by atoms with E-state index in [1.54, 1.807) is 0 Å². The van der Waals surface area contributed by atoms with Gasteiger partial charge in [-0.1, -0.05) is 24.6 Å². The molecule has 0 saturated heterocycles. The number of nitrogens with two attached hydrogens (primary N) is 1. The first-order valence-corrected chi connectivity index (χ1v) is 13.3. The van der Waals surface area contributed by atoms with Crippen LogP contribution in [0.1, 0.15) is 39.0 Å². The lowest BCUT2D eigenvalue weighted by atomic mass is 10.1. The van der Waals surface area contributed by atoms with Crippen LogP contribution in [0.5, 0.6) is 11.5 Å². The second-order valence-electron chi connectivity index (χ2n) is 7.93. The second kappa shape index (κ2) is 12.4. The molecule has 3 heterocycles. The summed E-state index contributed by atoms with van der Waals surface area (Å²) in [6.45, 7) is 4.84. The average Bonchev–Trinajstić information content (AvgIpc) is 3.43. The van der Waals surface area contributed by atoms with E-state index in [-0.39, 0.29) is 12.8 Å². The van der Waals surface area contributed by atoms with Crippen LogP contribution in [0.3, 0.4) is 0 Å². The maximum Gasteiger partial charge on any atom is 0.305 e. The quantitative estimate of drug-likeness (QED) is 0.231. The minimum atomic E-state index is -0.107. The average molecular weight is 565 g/mol. The lowest BCUT2D eigenvalue weighted by Crippen LogP contribution is -2.21. The maximum atomic E-state index is 11.4. The van der Waals surface area contributed by atoms with Gasteiger partial charge in [0.25, 0.3) is 0 Å². The van der Waals surface area contributed by atoms with E-state index in [0.29, 0.717) is 42.3 Å². The topological polar surface area (TPSA) is 126 Å². The summed E-state index contributed by atoms with van der Waals surface area (Å²) in [5.74, 6) is 1.68. The van der Waals surface area contributed by atoms with Gasteiger partial charge in [-0.2, -0.15) is 0 Å². The monoisotopic (exact) mass is 564 g/mol. The van der Waals surface area contributed by atoms with E-state index in [9.17, 15) is 4.79 Å². The van der Waals surface area contributed by atoms with Gasteiger partial charge in [-0.15, -0.1) is 0 Å². The molecule has 4 rings (SSSR count). The Morgan fingerprint density at radius 2 is 2.00 bits per heavy atom. The van der Waals surface area contributed by atoms with Crippen LogP contribution >= 0.6 is 27.7 Å². The number of aromatic nitrogens is 4. The summed E-state index contributed by atoms with van der Waals surface area (Å²) in [7, 11) is 0. The molecule has 0 radical (unpaired) electrons. The van der Waals surface area contributed by atoms with E-state index >= 15 is 0 Å². The molecular weight excluding hydrogens is 536 g/mol. The predicted octanol–water partition coefficient (Wildman–Crippen LogP) is 4.15. The highest BCUT2D eigenvalue weighted by Gasteiger charge is 2.20. The number of anilines is 1. The molecule has 0 unspecified atom stereocenters. The van der Waals surface area contributed by atoms with Crippen molar-refractivity contribution < 1.29 is 19.0 Å². The fourth-order valence-corrected chi connectivity index (χ4v) is 5.22. The number of halogens is 1. The molecule has 0 atom stereocenters. The highest BCUT2D eigenvalue weighted by molar-refractivity contribution is 9.10. The number of rotatable bonds is 13. The maximum absolute atomic E-state index is 11.4. The van der Waals surface area contributed by atoms with Crippen molar-refractivity contribution in [3.05, 3.63) is 22.9 Å². The Morgan fingerprint density at radius 1 is 1.20 bits per heavy atom. The van der Waals surface area contributed by atoms with Gasteiger partial charge in [0.2, 0.25) is 6.79 Å². The zero-order valence-electron chi connectivity index (χ0n) is 19.6. The number of nitrogens with one attached hydrogen (secondary N) is 1. The van der Waals surface area contributed by atoms with E-state index < -0.39 is 0 Å². The Kier molecular flexibility index (Phi) is 9.05. The van der Waals surface area contributed by atoms with Gasteiger partial charge < -0.3 is 29.8 Å². The van der Waals surface area contributed by atoms with Gasteiger partial charge in [0, 0.05) is 28.9 Å². The Bertz CT molecular complexity index is 1170. The van der Waals surface area contributed by atoms with Crippen molar-refractivity contribution in [2.45, 2.75) is 55.6 Å². The summed E-state index contributed by atoms with van der Waals surface area (Å²) in [6, 6.07) is 3.84. The number of benzene rings is 1. The molecule has 0 aliphatic carbocycles. The van der Waals surface area contributed by atoms with Crippen molar-refractivity contribution in [2.24, 2.45) is 0 Å². The van der Waals surface area contributed by atoms with Gasteiger partial charge in [-0.3, -0.25) is 4.79 Å². The Labute approximate surface area is 216 Å². The van der Waals surface area contributed by atoms with E-state index in [4.69, 9.17) is 24.9 Å². The Hall–Kier alpha value is -2.57. The number of fused-ring (bicyclic) bond motifs is 2. The zero-order chi connectivity index (χ0) is 24.6. The van der Waals surface area contributed by atoms with Crippen LogP contribution in [0.25, 0.3) is 11.2 Å². The first-order valence-electron chi connectivity index (χ1n) is 11.7. The molecule has 12 heteroatoms. The lowest BCUT2D eigenvalue weighted by molar-refractivity contribution is -0.143. The van der Waals surface area contributed by atoms with Crippen molar-refractivity contribution in [2.75, 3.05) is 32.2 Å². The highest BCUT2D eigenvalue weighted by atomic mass is 79.9. The van der Waals surface area contributed by atoms with Gasteiger partial charge in [0.15, 0.2) is 33.6 Å². The molecule has 35 heavy (non-hydrogen) atoms. The summed E-state index contributed by atoms with van der Waals surface area (Å²) >= 11 is 5.13. The highest BCUT2D eigenvalue weighted by Crippen LogP contribution is 2.43. The summed E-state index contributed by atoms with van der Waals surface area (Å²) in [6.07, 6.45) is 5.98. The minimum absolute atomic E-state index is 0.107. The molecule has 0 amide bonds. The third kappa shape index (κ3) is 6.56. The second-order valence-corrected chi connectivity index (χ2v) is 9.80. The van der Waals surface area contributed by atoms with Crippen molar-refractivity contribution in [3.8, 4) is 11.5 Å². The zero-order valence-corrected chi connectivity index (χ0v) is 22.0. The molecule has 10 nitrogen and oxygen atoms in total. The summed E-state index contributed by atoms with van der Waals surface area (Å²) in [4.78, 5) is 25.6. The molecule has 0 fully saturated rings. The largest absolute Gasteiger partial charge is 0.466 e. The molecule has 2 aromatic heterocycles. The molecule has 188 valence electrons. The molecule has 1 aliphatic heterocycles. The van der Waals surface area contributed by atoms with E-state index in [1.807, 2.05) is 19.1 Å². The molecule has 1 aromatic carbocycles. The van der Waals surface area contributed by atoms with Gasteiger partial charge in [-0.25, -0.2) is 15.0 Å². The number of carbonyl (C=O) groups excluding carboxylic acids is 1. The molecule has 3 aromatic rings. The van der Waals surface area contributed by atoms with Crippen molar-refractivity contribution in [3.63, 3.8) is 0 Å². The number of hydrogen-bond acceptors (Lipinski definition) is 10. The van der Waals surface area contributed by atoms with Crippen molar-refractivity contribution in [1.82, 2.24) is 24.8 Å². The molecule has 3 N–H and O–H groups in total. The van der Waals surface area contributed by atoms with Crippen LogP contribution in [-0.2, 0) is 16.1 Å². The standard InChI is InChI=1S/C23H29BrN6O4S/c1-2-32-19(31)7-5-3-4-6-8-26-9-10-30-22-20(21(25)27-13-28-22)29-23(30)35-18-12-17-16(11-15(18)24)33-14-34-17/h11-13,26H,2-10,14H2,1H3,(H2,25,27,28). The van der Waals surface area contributed by atoms with Gasteiger partial charge in [0.05, 0.1) is 6.61 Å². The Morgan fingerprint density at radius 3 is 2.83 bits per heavy atom. The number of nitrogen functional groups attached to an aromatic ring is 1. The van der Waals surface area contributed by atoms with E-state index in [2.05, 4.69) is 35.8 Å². The van der Waals surface area contributed by atoms with Gasteiger partial charge >= 0.3 is 5.97 Å². The number of carbonyl (C=O) groups is 1.